The highest BCUT2D eigenvalue weighted by Crippen LogP contribution is 2.38. The number of nitrogen functional groups attached to an aromatic ring is 2. The number of hydroxylamine groups is 2. The van der Waals surface area contributed by atoms with E-state index in [0.29, 0.717) is 81.3 Å². The zero-order valence-electron chi connectivity index (χ0n) is 40.7. The summed E-state index contributed by atoms with van der Waals surface area (Å²) < 4.78 is 3.59. The van der Waals surface area contributed by atoms with Crippen molar-refractivity contribution in [3.05, 3.63) is 145 Å². The van der Waals surface area contributed by atoms with Gasteiger partial charge >= 0.3 is 11.9 Å². The van der Waals surface area contributed by atoms with Gasteiger partial charge in [0.05, 0.1) is 12.1 Å². The number of hydrogen-bond donors (Lipinski definition) is 2. The van der Waals surface area contributed by atoms with Crippen LogP contribution >= 0.6 is 0 Å². The van der Waals surface area contributed by atoms with Gasteiger partial charge < -0.3 is 30.9 Å². The van der Waals surface area contributed by atoms with Crippen LogP contribution in [-0.2, 0) is 28.9 Å². The first-order valence-corrected chi connectivity index (χ1v) is 23.8. The van der Waals surface area contributed by atoms with E-state index >= 15 is 0 Å². The van der Waals surface area contributed by atoms with Crippen LogP contribution in [0.5, 0.6) is 0 Å². The number of rotatable bonds is 8. The average molecular weight is 1020 g/mol. The first-order valence-electron chi connectivity index (χ1n) is 23.8. The van der Waals surface area contributed by atoms with Crippen molar-refractivity contribution >= 4 is 69.9 Å². The largest absolute Gasteiger partial charge is 0.444 e. The van der Waals surface area contributed by atoms with Gasteiger partial charge in [0.25, 0.3) is 23.6 Å². The van der Waals surface area contributed by atoms with Crippen molar-refractivity contribution in [2.75, 3.05) is 34.7 Å². The number of aromatic nitrogens is 8. The number of imidazole rings is 2. The predicted molar refractivity (Wildman–Crippen MR) is 274 cm³/mol. The Labute approximate surface area is 432 Å². The van der Waals surface area contributed by atoms with Gasteiger partial charge in [0.15, 0.2) is 11.6 Å². The number of hydrogen-bond acceptors (Lipinski definition) is 16. The van der Waals surface area contributed by atoms with E-state index in [4.69, 9.17) is 31.1 Å². The Morgan fingerprint density at radius 2 is 0.961 bits per heavy atom. The molecule has 2 saturated heterocycles. The molecule has 4 amide bonds. The molecule has 2 aromatic carbocycles. The van der Waals surface area contributed by atoms with Crippen molar-refractivity contribution in [3.63, 3.8) is 0 Å². The lowest BCUT2D eigenvalue weighted by Crippen LogP contribution is -2.41. The standard InChI is InChI=1S/C54H44N14O8/c1-3-11-41(69)63-29-9-13-37(63)49-61-43(45-47(55)59-27-31-65(45)49)33-17-21-35(22-18-33)51(71)67(39-15-5-7-25-57-39)75-53(73)54(74)76-68(40-16-6-8-26-58-40)52(72)36-23-19-34(20-24-36)44-46-48(56)60-28-32-66(46)50(62-44)38-14-10-30-64(38)42(70)12-4-2/h5-8,15-28,31-32,37-38H,9-10,13-14,29-30H2,1-2H3,(H2,55,59)(H2,56,60)/t37-,38-/m0/s1. The first kappa shape index (κ1) is 49.1. The second kappa shape index (κ2) is 20.9. The molecular weight excluding hydrogens is 973 g/mol. The molecule has 2 atom stereocenters. The van der Waals surface area contributed by atoms with Crippen LogP contribution in [0.1, 0.15) is 84.0 Å². The molecule has 6 aromatic heterocycles. The van der Waals surface area contributed by atoms with Gasteiger partial charge in [-0.25, -0.2) is 39.5 Å². The molecule has 8 aromatic rings. The van der Waals surface area contributed by atoms with Crippen molar-refractivity contribution < 1.29 is 38.4 Å². The van der Waals surface area contributed by atoms with Crippen molar-refractivity contribution in [1.29, 1.82) is 0 Å². The fourth-order valence-corrected chi connectivity index (χ4v) is 9.31. The van der Waals surface area contributed by atoms with Gasteiger partial charge in [-0.15, -0.1) is 10.1 Å². The summed E-state index contributed by atoms with van der Waals surface area (Å²) in [6.07, 6.45) is 12.0. The Balaban J connectivity index is 0.892. The molecule has 0 bridgehead atoms. The summed E-state index contributed by atoms with van der Waals surface area (Å²) in [6.45, 7) is 4.22. The number of nitrogens with zero attached hydrogens (tertiary/aromatic N) is 12. The summed E-state index contributed by atoms with van der Waals surface area (Å²) >= 11 is 0. The molecular formula is C54H44N14O8. The van der Waals surface area contributed by atoms with Gasteiger partial charge in [0, 0.05) is 72.5 Å². The van der Waals surface area contributed by atoms with Crippen LogP contribution < -0.4 is 21.6 Å². The van der Waals surface area contributed by atoms with E-state index in [2.05, 4.69) is 43.6 Å². The molecule has 378 valence electrons. The lowest BCUT2D eigenvalue weighted by atomic mass is 10.1. The Kier molecular flexibility index (Phi) is 13.5. The van der Waals surface area contributed by atoms with Crippen molar-refractivity contribution in [1.82, 2.24) is 48.5 Å². The van der Waals surface area contributed by atoms with Crippen LogP contribution in [0.4, 0.5) is 23.3 Å². The van der Waals surface area contributed by atoms with Crippen LogP contribution in [0, 0.1) is 23.7 Å². The molecule has 0 unspecified atom stereocenters. The van der Waals surface area contributed by atoms with Crippen LogP contribution in [0.25, 0.3) is 33.5 Å². The highest BCUT2D eigenvalue weighted by atomic mass is 16.8. The second-order valence-electron chi connectivity index (χ2n) is 17.2. The molecule has 22 heteroatoms. The number of nitrogens with two attached hydrogens (primary N) is 2. The summed E-state index contributed by atoms with van der Waals surface area (Å²) in [4.78, 5) is 123. The smallest absolute Gasteiger partial charge is 0.382 e. The predicted octanol–water partition coefficient (Wildman–Crippen LogP) is 5.34. The number of fused-ring (bicyclic) bond motifs is 2. The summed E-state index contributed by atoms with van der Waals surface area (Å²) in [7, 11) is 0. The van der Waals surface area contributed by atoms with Crippen LogP contribution in [0.15, 0.2) is 122 Å². The van der Waals surface area contributed by atoms with Gasteiger partial charge in [-0.1, -0.05) is 48.2 Å². The molecule has 0 saturated carbocycles. The monoisotopic (exact) mass is 1020 g/mol. The highest BCUT2D eigenvalue weighted by molar-refractivity contribution is 6.31. The van der Waals surface area contributed by atoms with Gasteiger partial charge in [0.1, 0.15) is 45.7 Å². The molecule has 2 fully saturated rings. The quantitative estimate of drug-likeness (QED) is 0.110. The van der Waals surface area contributed by atoms with Crippen LogP contribution in [0.2, 0.25) is 0 Å². The highest BCUT2D eigenvalue weighted by Gasteiger charge is 2.37. The minimum absolute atomic E-state index is 0.000921. The van der Waals surface area contributed by atoms with E-state index in [-0.39, 0.29) is 58.3 Å². The molecule has 0 radical (unpaired) electrons. The third kappa shape index (κ3) is 9.29. The van der Waals surface area contributed by atoms with Crippen LogP contribution in [-0.4, -0.2) is 97.2 Å². The second-order valence-corrected chi connectivity index (χ2v) is 17.2. The number of anilines is 4. The minimum atomic E-state index is -1.69. The third-order valence-corrected chi connectivity index (χ3v) is 12.7. The Bertz CT molecular complexity index is 3490. The molecule has 76 heavy (non-hydrogen) atoms. The fourth-order valence-electron chi connectivity index (χ4n) is 9.31. The fraction of sp³-hybridized carbons (Fsp3) is 0.185. The molecule has 2 aliphatic rings. The maximum Gasteiger partial charge on any atom is 0.444 e. The van der Waals surface area contributed by atoms with E-state index in [1.165, 1.54) is 60.9 Å². The Hall–Kier alpha value is -10.5. The summed E-state index contributed by atoms with van der Waals surface area (Å²) in [5, 5.41) is 1.05. The molecule has 22 nitrogen and oxygen atoms in total. The van der Waals surface area contributed by atoms with Gasteiger partial charge in [-0.05, 0) is 99.9 Å². The molecule has 4 N–H and O–H groups in total. The summed E-state index contributed by atoms with van der Waals surface area (Å²) in [5.74, 6) is 5.91. The van der Waals surface area contributed by atoms with Crippen molar-refractivity contribution in [2.24, 2.45) is 0 Å². The van der Waals surface area contributed by atoms with E-state index in [1.807, 2.05) is 0 Å². The lowest BCUT2D eigenvalue weighted by Gasteiger charge is -2.22. The van der Waals surface area contributed by atoms with Crippen molar-refractivity contribution in [2.45, 2.75) is 51.6 Å². The van der Waals surface area contributed by atoms with Gasteiger partial charge in [-0.2, -0.15) is 0 Å². The Morgan fingerprint density at radius 1 is 0.553 bits per heavy atom. The van der Waals surface area contributed by atoms with E-state index in [1.54, 1.807) is 93.6 Å². The van der Waals surface area contributed by atoms with Crippen molar-refractivity contribution in [3.8, 4) is 46.2 Å². The SMILES string of the molecule is CC#CC(=O)N1CCC[C@H]1c1nc(-c2ccc(C(=O)N(OC(=O)C(=O)ON(C(=O)c3ccc(-c4nc([C@@H]5CCCN5C(=O)C#CC)n5ccnc(N)c45)cc3)c3ccccn3)c3ccccn3)cc2)c2c(N)nccn12. The molecule has 0 spiro atoms. The lowest BCUT2D eigenvalue weighted by molar-refractivity contribution is -0.168. The van der Waals surface area contributed by atoms with E-state index in [0.717, 1.165) is 12.8 Å². The minimum Gasteiger partial charge on any atom is -0.382 e. The van der Waals surface area contributed by atoms with E-state index in [9.17, 15) is 28.8 Å². The molecule has 0 aliphatic carbocycles. The zero-order chi connectivity index (χ0) is 53.0. The first-order chi connectivity index (χ1) is 36.9. The maximum atomic E-state index is 14.3. The Morgan fingerprint density at radius 3 is 1.33 bits per heavy atom. The topological polar surface area (TPSA) is 272 Å². The number of likely N-dealkylation sites (tertiary alicyclic amines) is 2. The zero-order valence-corrected chi connectivity index (χ0v) is 40.7. The molecule has 10 rings (SSSR count). The van der Waals surface area contributed by atoms with Gasteiger partial charge in [-0.3, -0.25) is 28.0 Å². The van der Waals surface area contributed by atoms with Crippen LogP contribution in [0.3, 0.4) is 0 Å². The normalized spacial score (nSPS) is 14.8. The number of carbonyl (C=O) groups is 6. The van der Waals surface area contributed by atoms with Gasteiger partial charge in [0.2, 0.25) is 0 Å². The number of carbonyl (C=O) groups excluding carboxylic acids is 6. The molecule has 2 aliphatic heterocycles. The summed E-state index contributed by atoms with van der Waals surface area (Å²) in [5.41, 5.74) is 15.8. The third-order valence-electron chi connectivity index (χ3n) is 12.7. The summed E-state index contributed by atoms with van der Waals surface area (Å²) in [6, 6.07) is 20.5. The maximum absolute atomic E-state index is 14.3. The number of pyridine rings is 2. The van der Waals surface area contributed by atoms with E-state index < -0.39 is 23.8 Å². The molecule has 8 heterocycles. The number of amides is 4. The average Bonchev–Trinajstić information content (AvgIpc) is 4.30. The number of benzene rings is 2.